The zero-order valence-electron chi connectivity index (χ0n) is 12.2. The van der Waals surface area contributed by atoms with E-state index in [1.54, 1.807) is 0 Å². The van der Waals surface area contributed by atoms with Crippen molar-refractivity contribution < 1.29 is 0 Å². The number of halogens is 1. The molecule has 1 heterocycles. The SMILES string of the molecule is Cc1cccc(NCc2cc3cc(C)ccc3nc2Cl)c1. The minimum Gasteiger partial charge on any atom is -0.381 e. The summed E-state index contributed by atoms with van der Waals surface area (Å²) in [5, 5.41) is 5.08. The number of fused-ring (bicyclic) bond motifs is 1. The molecule has 3 heteroatoms. The number of aromatic nitrogens is 1. The van der Waals surface area contributed by atoms with Crippen LogP contribution in [0.25, 0.3) is 10.9 Å². The van der Waals surface area contributed by atoms with Crippen molar-refractivity contribution in [1.29, 1.82) is 0 Å². The van der Waals surface area contributed by atoms with E-state index in [4.69, 9.17) is 11.6 Å². The van der Waals surface area contributed by atoms with Crippen LogP contribution in [0.2, 0.25) is 5.15 Å². The van der Waals surface area contributed by atoms with E-state index in [-0.39, 0.29) is 0 Å². The number of hydrogen-bond acceptors (Lipinski definition) is 2. The molecule has 1 N–H and O–H groups in total. The largest absolute Gasteiger partial charge is 0.381 e. The number of pyridine rings is 1. The van der Waals surface area contributed by atoms with Gasteiger partial charge in [-0.15, -0.1) is 0 Å². The van der Waals surface area contributed by atoms with Gasteiger partial charge in [0.2, 0.25) is 0 Å². The summed E-state index contributed by atoms with van der Waals surface area (Å²) in [4.78, 5) is 4.47. The molecule has 0 aliphatic rings. The molecule has 0 radical (unpaired) electrons. The highest BCUT2D eigenvalue weighted by Gasteiger charge is 2.05. The van der Waals surface area contributed by atoms with Crippen LogP contribution in [0.3, 0.4) is 0 Å². The lowest BCUT2D eigenvalue weighted by Crippen LogP contribution is -2.01. The smallest absolute Gasteiger partial charge is 0.134 e. The van der Waals surface area contributed by atoms with Crippen LogP contribution in [-0.4, -0.2) is 4.98 Å². The Bertz CT molecular complexity index is 796. The zero-order valence-corrected chi connectivity index (χ0v) is 12.9. The Hall–Kier alpha value is -2.06. The molecule has 0 atom stereocenters. The summed E-state index contributed by atoms with van der Waals surface area (Å²) in [6, 6.07) is 16.6. The molecule has 0 saturated carbocycles. The molecule has 1 aromatic heterocycles. The molecular weight excluding hydrogens is 280 g/mol. The van der Waals surface area contributed by atoms with E-state index in [2.05, 4.69) is 60.5 Å². The average molecular weight is 297 g/mol. The van der Waals surface area contributed by atoms with Crippen molar-refractivity contribution in [3.8, 4) is 0 Å². The standard InChI is InChI=1S/C18H17ClN2/c1-12-4-3-5-16(9-12)20-11-15-10-14-8-13(2)6-7-17(14)21-18(15)19/h3-10,20H,11H2,1-2H3. The number of nitrogens with zero attached hydrogens (tertiary/aromatic N) is 1. The summed E-state index contributed by atoms with van der Waals surface area (Å²) >= 11 is 6.29. The predicted octanol–water partition coefficient (Wildman–Crippen LogP) is 5.12. The summed E-state index contributed by atoms with van der Waals surface area (Å²) in [6.45, 7) is 4.83. The van der Waals surface area contributed by atoms with E-state index in [0.717, 1.165) is 22.2 Å². The summed E-state index contributed by atoms with van der Waals surface area (Å²) in [7, 11) is 0. The third-order valence-electron chi connectivity index (χ3n) is 3.50. The Morgan fingerprint density at radius 1 is 1.00 bits per heavy atom. The second kappa shape index (κ2) is 5.74. The highest BCUT2D eigenvalue weighted by Crippen LogP contribution is 2.22. The van der Waals surface area contributed by atoms with E-state index >= 15 is 0 Å². The number of aryl methyl sites for hydroxylation is 2. The molecule has 2 nitrogen and oxygen atoms in total. The summed E-state index contributed by atoms with van der Waals surface area (Å²) in [5.41, 5.74) is 5.50. The quantitative estimate of drug-likeness (QED) is 0.679. The van der Waals surface area contributed by atoms with Crippen LogP contribution in [-0.2, 0) is 6.54 Å². The second-order valence-corrected chi connectivity index (χ2v) is 5.72. The Morgan fingerprint density at radius 2 is 1.81 bits per heavy atom. The van der Waals surface area contributed by atoms with Gasteiger partial charge in [0.15, 0.2) is 0 Å². The first kappa shape index (κ1) is 13.9. The lowest BCUT2D eigenvalue weighted by Gasteiger charge is -2.10. The van der Waals surface area contributed by atoms with Gasteiger partial charge in [0.1, 0.15) is 5.15 Å². The van der Waals surface area contributed by atoms with Gasteiger partial charge in [-0.2, -0.15) is 0 Å². The molecule has 0 amide bonds. The Labute approximate surface area is 129 Å². The van der Waals surface area contributed by atoms with Crippen LogP contribution in [0.5, 0.6) is 0 Å². The molecule has 0 aliphatic heterocycles. The maximum absolute atomic E-state index is 6.29. The zero-order chi connectivity index (χ0) is 14.8. The van der Waals surface area contributed by atoms with E-state index in [9.17, 15) is 0 Å². The lowest BCUT2D eigenvalue weighted by molar-refractivity contribution is 1.13. The summed E-state index contributed by atoms with van der Waals surface area (Å²) in [6.07, 6.45) is 0. The number of anilines is 1. The minimum atomic E-state index is 0.562. The van der Waals surface area contributed by atoms with Crippen molar-refractivity contribution in [2.24, 2.45) is 0 Å². The van der Waals surface area contributed by atoms with E-state index in [1.165, 1.54) is 11.1 Å². The first-order valence-corrected chi connectivity index (χ1v) is 7.36. The fourth-order valence-electron chi connectivity index (χ4n) is 2.39. The topological polar surface area (TPSA) is 24.9 Å². The van der Waals surface area contributed by atoms with Gasteiger partial charge in [-0.3, -0.25) is 0 Å². The average Bonchev–Trinajstić information content (AvgIpc) is 2.45. The highest BCUT2D eigenvalue weighted by atomic mass is 35.5. The first-order chi connectivity index (χ1) is 10.1. The predicted molar refractivity (Wildman–Crippen MR) is 90.0 cm³/mol. The normalized spacial score (nSPS) is 10.8. The second-order valence-electron chi connectivity index (χ2n) is 5.36. The molecule has 0 bridgehead atoms. The number of rotatable bonds is 3. The van der Waals surface area contributed by atoms with Crippen molar-refractivity contribution in [3.63, 3.8) is 0 Å². The number of nitrogens with one attached hydrogen (secondary N) is 1. The maximum atomic E-state index is 6.29. The molecule has 21 heavy (non-hydrogen) atoms. The van der Waals surface area contributed by atoms with Crippen molar-refractivity contribution >= 4 is 28.2 Å². The summed E-state index contributed by atoms with van der Waals surface area (Å²) in [5.74, 6) is 0. The van der Waals surface area contributed by atoms with Crippen molar-refractivity contribution in [1.82, 2.24) is 4.98 Å². The van der Waals surface area contributed by atoms with Gasteiger partial charge in [0.05, 0.1) is 5.52 Å². The van der Waals surface area contributed by atoms with Gasteiger partial charge < -0.3 is 5.32 Å². The van der Waals surface area contributed by atoms with Crippen molar-refractivity contribution in [2.75, 3.05) is 5.32 Å². The van der Waals surface area contributed by atoms with Gasteiger partial charge in [0.25, 0.3) is 0 Å². The van der Waals surface area contributed by atoms with E-state index in [0.29, 0.717) is 11.7 Å². The molecule has 0 aliphatic carbocycles. The highest BCUT2D eigenvalue weighted by molar-refractivity contribution is 6.30. The molecule has 2 aromatic carbocycles. The van der Waals surface area contributed by atoms with Crippen LogP contribution in [0, 0.1) is 13.8 Å². The van der Waals surface area contributed by atoms with Gasteiger partial charge in [-0.05, 0) is 49.7 Å². The van der Waals surface area contributed by atoms with Gasteiger partial charge >= 0.3 is 0 Å². The van der Waals surface area contributed by atoms with Crippen LogP contribution in [0.4, 0.5) is 5.69 Å². The molecule has 106 valence electrons. The van der Waals surface area contributed by atoms with Gasteiger partial charge in [-0.1, -0.05) is 35.4 Å². The minimum absolute atomic E-state index is 0.562. The third-order valence-corrected chi connectivity index (χ3v) is 3.82. The van der Waals surface area contributed by atoms with E-state index in [1.807, 2.05) is 12.1 Å². The maximum Gasteiger partial charge on any atom is 0.134 e. The van der Waals surface area contributed by atoms with Gasteiger partial charge in [-0.25, -0.2) is 4.98 Å². The summed E-state index contributed by atoms with van der Waals surface area (Å²) < 4.78 is 0. The molecule has 0 saturated heterocycles. The van der Waals surface area contributed by atoms with Crippen LogP contribution < -0.4 is 5.32 Å². The molecule has 3 aromatic rings. The number of benzene rings is 2. The molecule has 0 spiro atoms. The Balaban J connectivity index is 1.88. The first-order valence-electron chi connectivity index (χ1n) is 6.98. The van der Waals surface area contributed by atoms with Crippen molar-refractivity contribution in [3.05, 3.63) is 70.4 Å². The lowest BCUT2D eigenvalue weighted by atomic mass is 10.1. The Morgan fingerprint density at radius 3 is 2.62 bits per heavy atom. The van der Waals surface area contributed by atoms with Crippen LogP contribution in [0.15, 0.2) is 48.5 Å². The van der Waals surface area contributed by atoms with Crippen molar-refractivity contribution in [2.45, 2.75) is 20.4 Å². The Kier molecular flexibility index (Phi) is 3.80. The van der Waals surface area contributed by atoms with Crippen LogP contribution in [0.1, 0.15) is 16.7 Å². The number of hydrogen-bond donors (Lipinski definition) is 1. The third kappa shape index (κ3) is 3.17. The molecule has 3 rings (SSSR count). The monoisotopic (exact) mass is 296 g/mol. The van der Waals surface area contributed by atoms with E-state index < -0.39 is 0 Å². The van der Waals surface area contributed by atoms with Crippen LogP contribution >= 0.6 is 11.6 Å². The van der Waals surface area contributed by atoms with Gasteiger partial charge in [0, 0.05) is 23.2 Å². The molecule has 0 unspecified atom stereocenters. The molecule has 0 fully saturated rings. The molecular formula is C18H17ClN2. The fourth-order valence-corrected chi connectivity index (χ4v) is 2.60. The fraction of sp³-hybridized carbons (Fsp3) is 0.167.